The van der Waals surface area contributed by atoms with E-state index in [1.165, 1.54) is 80.3 Å². The summed E-state index contributed by atoms with van der Waals surface area (Å²) in [4.78, 5) is 0. The van der Waals surface area contributed by atoms with E-state index >= 15 is 0 Å². The molecule has 7 aromatic carbocycles. The minimum Gasteiger partial charge on any atom is -0.308 e. The summed E-state index contributed by atoms with van der Waals surface area (Å²) in [5, 5.41) is 10.5. The van der Waals surface area contributed by atoms with Gasteiger partial charge >= 0.3 is 0 Å². The molecule has 9 rings (SSSR count). The van der Waals surface area contributed by atoms with E-state index in [2.05, 4.69) is 144 Å². The number of fused-ring (bicyclic) bond motifs is 11. The van der Waals surface area contributed by atoms with Gasteiger partial charge in [-0.05, 0) is 69.1 Å². The number of hydrogen-bond acceptors (Lipinski definition) is 1. The van der Waals surface area contributed by atoms with E-state index in [0.29, 0.717) is 0 Å². The van der Waals surface area contributed by atoms with Gasteiger partial charge in [0.25, 0.3) is 0 Å². The summed E-state index contributed by atoms with van der Waals surface area (Å²) >= 11 is 1.91. The summed E-state index contributed by atoms with van der Waals surface area (Å²) in [7, 11) is 0. The Morgan fingerprint density at radius 3 is 1.95 bits per heavy atom. The molecule has 2 heteroatoms. The molecule has 0 saturated carbocycles. The van der Waals surface area contributed by atoms with Crippen LogP contribution in [0, 0.1) is 0 Å². The third kappa shape index (κ3) is 3.03. The Kier molecular flexibility index (Phi) is 4.55. The van der Waals surface area contributed by atoms with Crippen molar-refractivity contribution in [2.75, 3.05) is 0 Å². The molecule has 186 valence electrons. The summed E-state index contributed by atoms with van der Waals surface area (Å²) in [5.74, 6) is 0. The van der Waals surface area contributed by atoms with Crippen molar-refractivity contribution in [3.8, 4) is 16.8 Å². The quantitative estimate of drug-likeness (QED) is 0.211. The van der Waals surface area contributed by atoms with Crippen LogP contribution in [0.25, 0.3) is 80.3 Å². The molecule has 0 aliphatic rings. The van der Waals surface area contributed by atoms with Gasteiger partial charge < -0.3 is 4.57 Å². The number of hydrogen-bond donors (Lipinski definition) is 0. The number of para-hydroxylation sites is 1. The Labute approximate surface area is 235 Å². The van der Waals surface area contributed by atoms with Gasteiger partial charge in [0.1, 0.15) is 0 Å². The summed E-state index contributed by atoms with van der Waals surface area (Å²) in [6.07, 6.45) is 0. The van der Waals surface area contributed by atoms with Crippen LogP contribution < -0.4 is 0 Å². The molecule has 0 unspecified atom stereocenters. The summed E-state index contributed by atoms with van der Waals surface area (Å²) in [6, 6.07) is 51.1. The van der Waals surface area contributed by atoms with Gasteiger partial charge in [-0.2, -0.15) is 0 Å². The van der Waals surface area contributed by atoms with Crippen molar-refractivity contribution in [3.63, 3.8) is 0 Å². The van der Waals surface area contributed by atoms with Gasteiger partial charge in [-0.3, -0.25) is 0 Å². The lowest BCUT2D eigenvalue weighted by Gasteiger charge is -2.10. The zero-order valence-corrected chi connectivity index (χ0v) is 22.5. The van der Waals surface area contributed by atoms with Gasteiger partial charge in [0.05, 0.1) is 15.7 Å². The maximum Gasteiger partial charge on any atom is 0.0726 e. The first-order chi connectivity index (χ1) is 19.8. The third-order valence-electron chi connectivity index (χ3n) is 8.34. The van der Waals surface area contributed by atoms with Crippen molar-refractivity contribution in [1.82, 2.24) is 4.57 Å². The number of thiophene rings is 1. The molecule has 2 heterocycles. The van der Waals surface area contributed by atoms with Crippen LogP contribution in [0.3, 0.4) is 0 Å². The van der Waals surface area contributed by atoms with E-state index in [-0.39, 0.29) is 0 Å². The Morgan fingerprint density at radius 2 is 1.10 bits per heavy atom. The molecule has 0 bridgehead atoms. The first-order valence-corrected chi connectivity index (χ1v) is 14.5. The second kappa shape index (κ2) is 8.29. The molecule has 1 nitrogen and oxygen atoms in total. The fourth-order valence-corrected chi connectivity index (χ4v) is 7.83. The van der Waals surface area contributed by atoms with E-state index in [9.17, 15) is 0 Å². The molecule has 0 spiro atoms. The minimum atomic E-state index is 1.19. The highest BCUT2D eigenvalue weighted by atomic mass is 32.1. The largest absolute Gasteiger partial charge is 0.308 e. The van der Waals surface area contributed by atoms with E-state index in [4.69, 9.17) is 0 Å². The normalized spacial score (nSPS) is 12.0. The van der Waals surface area contributed by atoms with E-state index in [1.54, 1.807) is 0 Å². The Hall–Kier alpha value is -4.92. The predicted octanol–water partition coefficient (Wildman–Crippen LogP) is 11.1. The molecular weight excluding hydrogens is 502 g/mol. The van der Waals surface area contributed by atoms with Gasteiger partial charge in [-0.15, -0.1) is 11.3 Å². The van der Waals surface area contributed by atoms with Gasteiger partial charge in [-0.25, -0.2) is 0 Å². The van der Waals surface area contributed by atoms with Crippen LogP contribution in [0.15, 0.2) is 140 Å². The van der Waals surface area contributed by atoms with E-state index in [0.717, 1.165) is 0 Å². The number of benzene rings is 7. The topological polar surface area (TPSA) is 4.93 Å². The molecule has 40 heavy (non-hydrogen) atoms. The molecule has 0 saturated heterocycles. The smallest absolute Gasteiger partial charge is 0.0726 e. The van der Waals surface area contributed by atoms with Crippen LogP contribution in [0.5, 0.6) is 0 Å². The van der Waals surface area contributed by atoms with Crippen molar-refractivity contribution >= 4 is 74.9 Å². The van der Waals surface area contributed by atoms with Gasteiger partial charge in [0.15, 0.2) is 0 Å². The van der Waals surface area contributed by atoms with Crippen LogP contribution in [0.4, 0.5) is 0 Å². The lowest BCUT2D eigenvalue weighted by atomic mass is 9.96. The first-order valence-electron chi connectivity index (χ1n) is 13.7. The minimum absolute atomic E-state index is 1.19. The van der Waals surface area contributed by atoms with Crippen molar-refractivity contribution in [2.45, 2.75) is 0 Å². The standard InChI is InChI=1S/C38H23NS/c1-2-12-28(13-3-1)39-33-21-20-27(26-19-18-24-10-4-5-11-25(24)22-26)23-32(33)35-29-14-6-7-15-30(29)36-31-16-8-9-17-34(31)40-38(36)37(35)39/h1-23H. The number of rotatable bonds is 2. The monoisotopic (exact) mass is 525 g/mol. The molecule has 0 aliphatic carbocycles. The van der Waals surface area contributed by atoms with Crippen LogP contribution in [-0.2, 0) is 0 Å². The van der Waals surface area contributed by atoms with Crippen LogP contribution in [-0.4, -0.2) is 4.57 Å². The fraction of sp³-hybridized carbons (Fsp3) is 0. The molecular formula is C38H23NS. The summed E-state index contributed by atoms with van der Waals surface area (Å²) in [6.45, 7) is 0. The first kappa shape index (κ1) is 22.0. The molecule has 0 fully saturated rings. The maximum atomic E-state index is 2.49. The van der Waals surface area contributed by atoms with Crippen molar-refractivity contribution in [3.05, 3.63) is 140 Å². The second-order valence-corrected chi connectivity index (χ2v) is 11.6. The van der Waals surface area contributed by atoms with Crippen molar-refractivity contribution < 1.29 is 0 Å². The molecule has 9 aromatic rings. The Balaban J connectivity index is 1.49. The molecule has 2 aromatic heterocycles. The summed E-state index contributed by atoms with van der Waals surface area (Å²) in [5.41, 5.74) is 6.21. The van der Waals surface area contributed by atoms with Crippen molar-refractivity contribution in [2.24, 2.45) is 0 Å². The molecule has 0 atom stereocenters. The Morgan fingerprint density at radius 1 is 0.450 bits per heavy atom. The highest BCUT2D eigenvalue weighted by molar-refractivity contribution is 7.27. The lowest BCUT2D eigenvalue weighted by molar-refractivity contribution is 1.19. The van der Waals surface area contributed by atoms with E-state index in [1.807, 2.05) is 11.3 Å². The molecule has 0 aliphatic heterocycles. The summed E-state index contributed by atoms with van der Waals surface area (Å²) < 4.78 is 5.16. The number of nitrogens with zero attached hydrogens (tertiary/aromatic N) is 1. The predicted molar refractivity (Wildman–Crippen MR) is 174 cm³/mol. The maximum absolute atomic E-state index is 2.49. The number of aromatic nitrogens is 1. The Bertz CT molecular complexity index is 2420. The zero-order valence-electron chi connectivity index (χ0n) is 21.6. The lowest BCUT2D eigenvalue weighted by Crippen LogP contribution is -1.93. The second-order valence-electron chi connectivity index (χ2n) is 10.5. The molecule has 0 amide bonds. The van der Waals surface area contributed by atoms with Gasteiger partial charge in [-0.1, -0.05) is 103 Å². The molecule has 0 N–H and O–H groups in total. The van der Waals surface area contributed by atoms with E-state index < -0.39 is 0 Å². The molecule has 0 radical (unpaired) electrons. The van der Waals surface area contributed by atoms with Crippen LogP contribution in [0.2, 0.25) is 0 Å². The zero-order chi connectivity index (χ0) is 26.2. The van der Waals surface area contributed by atoms with Crippen molar-refractivity contribution in [1.29, 1.82) is 0 Å². The highest BCUT2D eigenvalue weighted by Crippen LogP contribution is 2.48. The fourth-order valence-electron chi connectivity index (χ4n) is 6.57. The average Bonchev–Trinajstić information content (AvgIpc) is 3.58. The third-order valence-corrected chi connectivity index (χ3v) is 9.52. The average molecular weight is 526 g/mol. The van der Waals surface area contributed by atoms with Gasteiger partial charge in [0, 0.05) is 31.9 Å². The van der Waals surface area contributed by atoms with Crippen LogP contribution >= 0.6 is 11.3 Å². The SMILES string of the molecule is c1ccc(-n2c3ccc(-c4ccc5ccccc5c4)cc3c3c4ccccc4c4c5ccccc5sc4c32)cc1. The van der Waals surface area contributed by atoms with Gasteiger partial charge in [0.2, 0.25) is 0 Å². The van der Waals surface area contributed by atoms with Crippen LogP contribution in [0.1, 0.15) is 0 Å². The highest BCUT2D eigenvalue weighted by Gasteiger charge is 2.22.